The molecule has 1 heterocycles. The van der Waals surface area contributed by atoms with Crippen molar-refractivity contribution in [3.63, 3.8) is 0 Å². The summed E-state index contributed by atoms with van der Waals surface area (Å²) in [6.07, 6.45) is 2.41. The third-order valence-corrected chi connectivity index (χ3v) is 5.99. The molecule has 0 saturated carbocycles. The molecule has 9 nitrogen and oxygen atoms in total. The van der Waals surface area contributed by atoms with Crippen LogP contribution in [0.5, 0.6) is 0 Å². The fourth-order valence-corrected chi connectivity index (χ4v) is 4.13. The molecule has 0 radical (unpaired) electrons. The number of carboxylic acid groups (broad SMARTS) is 1. The highest BCUT2D eigenvalue weighted by Crippen LogP contribution is 2.44. The Bertz CT molecular complexity index is 1180. The van der Waals surface area contributed by atoms with Crippen LogP contribution in [-0.4, -0.2) is 45.7 Å². The Morgan fingerprint density at radius 3 is 2.17 bits per heavy atom. The molecule has 0 unspecified atom stereocenters. The van der Waals surface area contributed by atoms with E-state index in [9.17, 15) is 14.4 Å². The predicted octanol–water partition coefficient (Wildman–Crippen LogP) is 3.50. The fraction of sp³-hybridized carbons (Fsp3) is 0.269. The number of amides is 2. The van der Waals surface area contributed by atoms with Crippen LogP contribution in [-0.2, 0) is 16.1 Å². The van der Waals surface area contributed by atoms with E-state index < -0.39 is 18.1 Å². The van der Waals surface area contributed by atoms with Gasteiger partial charge in [0.05, 0.1) is 12.1 Å². The summed E-state index contributed by atoms with van der Waals surface area (Å²) < 4.78 is 5.56. The van der Waals surface area contributed by atoms with Gasteiger partial charge in [-0.15, -0.1) is 0 Å². The maximum absolute atomic E-state index is 12.5. The maximum atomic E-state index is 12.5. The van der Waals surface area contributed by atoms with Crippen molar-refractivity contribution in [3.05, 3.63) is 83.4 Å². The molecule has 1 atom stereocenters. The van der Waals surface area contributed by atoms with Gasteiger partial charge >= 0.3 is 12.1 Å². The van der Waals surface area contributed by atoms with E-state index in [0.717, 1.165) is 22.3 Å². The van der Waals surface area contributed by atoms with Crippen LogP contribution in [0.25, 0.3) is 11.1 Å². The van der Waals surface area contributed by atoms with E-state index >= 15 is 0 Å². The fourth-order valence-electron chi connectivity index (χ4n) is 4.13. The first-order valence-electron chi connectivity index (χ1n) is 11.4. The van der Waals surface area contributed by atoms with Crippen LogP contribution in [0.15, 0.2) is 60.9 Å². The average Bonchev–Trinajstić information content (AvgIpc) is 3.19. The summed E-state index contributed by atoms with van der Waals surface area (Å²) in [5.74, 6) is -1.16. The number of carbonyl (C=O) groups excluding carboxylic acids is 2. The lowest BCUT2D eigenvalue weighted by Gasteiger charge is -2.18. The molecule has 0 spiro atoms. The normalized spacial score (nSPS) is 12.8. The van der Waals surface area contributed by atoms with E-state index in [1.165, 1.54) is 12.4 Å². The van der Waals surface area contributed by atoms with E-state index in [4.69, 9.17) is 9.84 Å². The van der Waals surface area contributed by atoms with Gasteiger partial charge in [0.25, 0.3) is 0 Å². The molecule has 0 bridgehead atoms. The number of carboxylic acids is 1. The highest BCUT2D eigenvalue weighted by Gasteiger charge is 2.29. The van der Waals surface area contributed by atoms with E-state index in [-0.39, 0.29) is 37.0 Å². The number of hydrogen-bond donors (Lipinski definition) is 3. The van der Waals surface area contributed by atoms with Crippen molar-refractivity contribution in [1.82, 2.24) is 20.6 Å². The van der Waals surface area contributed by atoms with E-state index in [2.05, 4.69) is 44.9 Å². The number of fused-ring (bicyclic) bond motifs is 3. The molecule has 0 saturated heterocycles. The summed E-state index contributed by atoms with van der Waals surface area (Å²) in [5, 5.41) is 14.3. The zero-order valence-electron chi connectivity index (χ0n) is 19.2. The Hall–Kier alpha value is -4.27. The number of benzene rings is 2. The lowest BCUT2D eigenvalue weighted by molar-refractivity contribution is -0.121. The molecule has 1 aromatic heterocycles. The summed E-state index contributed by atoms with van der Waals surface area (Å²) in [4.78, 5) is 43.5. The molecule has 3 aromatic rings. The quantitative estimate of drug-likeness (QED) is 0.433. The van der Waals surface area contributed by atoms with Crippen LogP contribution in [0.2, 0.25) is 0 Å². The van der Waals surface area contributed by atoms with Gasteiger partial charge in [-0.1, -0.05) is 55.5 Å². The number of nitrogens with zero attached hydrogens (tertiary/aromatic N) is 2. The minimum absolute atomic E-state index is 0.0292. The molecule has 1 aliphatic carbocycles. The van der Waals surface area contributed by atoms with Gasteiger partial charge in [-0.3, -0.25) is 4.79 Å². The molecule has 35 heavy (non-hydrogen) atoms. The molecule has 4 rings (SSSR count). The summed E-state index contributed by atoms with van der Waals surface area (Å²) in [5.41, 5.74) is 4.54. The molecule has 180 valence electrons. The Morgan fingerprint density at radius 1 is 1.00 bits per heavy atom. The van der Waals surface area contributed by atoms with Gasteiger partial charge in [-0.25, -0.2) is 19.6 Å². The number of aromatic nitrogens is 2. The second kappa shape index (κ2) is 10.8. The monoisotopic (exact) mass is 474 g/mol. The summed E-state index contributed by atoms with van der Waals surface area (Å²) >= 11 is 0. The average molecular weight is 475 g/mol. The molecule has 3 N–H and O–H groups in total. The highest BCUT2D eigenvalue weighted by molar-refractivity contribution is 5.86. The first-order chi connectivity index (χ1) is 17.0. The molecule has 9 heteroatoms. The van der Waals surface area contributed by atoms with Gasteiger partial charge in [0.1, 0.15) is 12.4 Å². The first-order valence-corrected chi connectivity index (χ1v) is 11.4. The van der Waals surface area contributed by atoms with Crippen LogP contribution in [0.4, 0.5) is 4.79 Å². The number of carbonyl (C=O) groups is 3. The van der Waals surface area contributed by atoms with Gasteiger partial charge < -0.3 is 20.5 Å². The van der Waals surface area contributed by atoms with Crippen LogP contribution in [0.3, 0.4) is 0 Å². The van der Waals surface area contributed by atoms with Crippen LogP contribution < -0.4 is 10.6 Å². The number of ether oxygens (including phenoxy) is 1. The second-order valence-electron chi connectivity index (χ2n) is 8.25. The third kappa shape index (κ3) is 5.63. The summed E-state index contributed by atoms with van der Waals surface area (Å²) in [6, 6.07) is 15.8. The van der Waals surface area contributed by atoms with Crippen molar-refractivity contribution in [2.24, 2.45) is 0 Å². The van der Waals surface area contributed by atoms with E-state index in [0.29, 0.717) is 12.2 Å². The third-order valence-electron chi connectivity index (χ3n) is 5.99. The largest absolute Gasteiger partial charge is 0.478 e. The number of aromatic carboxylic acids is 1. The van der Waals surface area contributed by atoms with Crippen LogP contribution >= 0.6 is 0 Å². The lowest BCUT2D eigenvalue weighted by Crippen LogP contribution is -2.39. The number of alkyl carbamates (subject to hydrolysis) is 1. The number of hydrogen-bond acceptors (Lipinski definition) is 6. The Balaban J connectivity index is 1.27. The zero-order chi connectivity index (χ0) is 24.8. The van der Waals surface area contributed by atoms with Crippen molar-refractivity contribution >= 4 is 18.0 Å². The molecule has 0 fully saturated rings. The van der Waals surface area contributed by atoms with Gasteiger partial charge in [-0.2, -0.15) is 0 Å². The van der Waals surface area contributed by atoms with Crippen molar-refractivity contribution < 1.29 is 24.2 Å². The Labute approximate surface area is 202 Å². The molecule has 1 aliphatic rings. The second-order valence-corrected chi connectivity index (χ2v) is 8.25. The SMILES string of the molecule is CC[C@@H](CC(=O)NCc1ncc(C(=O)O)cn1)NC(=O)OCC1c2ccccc2-c2ccccc21. The predicted molar refractivity (Wildman–Crippen MR) is 128 cm³/mol. The maximum Gasteiger partial charge on any atom is 0.407 e. The Morgan fingerprint density at radius 2 is 1.60 bits per heavy atom. The van der Waals surface area contributed by atoms with Gasteiger partial charge in [0.15, 0.2) is 0 Å². The van der Waals surface area contributed by atoms with Crippen molar-refractivity contribution in [2.45, 2.75) is 38.3 Å². The van der Waals surface area contributed by atoms with Crippen LogP contribution in [0.1, 0.15) is 53.0 Å². The number of rotatable bonds is 9. The van der Waals surface area contributed by atoms with E-state index in [1.54, 1.807) is 0 Å². The summed E-state index contributed by atoms with van der Waals surface area (Å²) in [6.45, 7) is 2.13. The van der Waals surface area contributed by atoms with Crippen LogP contribution in [0, 0.1) is 0 Å². The lowest BCUT2D eigenvalue weighted by atomic mass is 9.98. The van der Waals surface area contributed by atoms with Crippen molar-refractivity contribution in [3.8, 4) is 11.1 Å². The molecular formula is C26H26N4O5. The van der Waals surface area contributed by atoms with E-state index in [1.807, 2.05) is 31.2 Å². The first kappa shape index (κ1) is 23.9. The van der Waals surface area contributed by atoms with Gasteiger partial charge in [0.2, 0.25) is 5.91 Å². The topological polar surface area (TPSA) is 131 Å². The minimum Gasteiger partial charge on any atom is -0.478 e. The molecule has 2 amide bonds. The highest BCUT2D eigenvalue weighted by atomic mass is 16.5. The van der Waals surface area contributed by atoms with Crippen molar-refractivity contribution in [2.75, 3.05) is 6.61 Å². The molecular weight excluding hydrogens is 448 g/mol. The van der Waals surface area contributed by atoms with Crippen molar-refractivity contribution in [1.29, 1.82) is 0 Å². The smallest absolute Gasteiger partial charge is 0.407 e. The molecule has 0 aliphatic heterocycles. The van der Waals surface area contributed by atoms with Gasteiger partial charge in [-0.05, 0) is 28.7 Å². The molecule has 2 aromatic carbocycles. The minimum atomic E-state index is -1.12. The zero-order valence-corrected chi connectivity index (χ0v) is 19.2. The standard InChI is InChI=1S/C26H26N4O5/c1-2-17(11-24(31)29-14-23-27-12-16(13-28-23)25(32)33)30-26(34)35-15-22-20-9-5-3-7-18(20)19-8-4-6-10-21(19)22/h3-10,12-13,17,22H,2,11,14-15H2,1H3,(H,29,31)(H,30,34)(H,32,33)/t17-/m0/s1. The van der Waals surface area contributed by atoms with Gasteiger partial charge in [0, 0.05) is 30.8 Å². The Kier molecular flexibility index (Phi) is 7.35. The number of nitrogens with one attached hydrogen (secondary N) is 2. The summed E-state index contributed by atoms with van der Waals surface area (Å²) in [7, 11) is 0.